The molecule has 3 rings (SSSR count). The van der Waals surface area contributed by atoms with Crippen molar-refractivity contribution in [3.8, 4) is 0 Å². The third kappa shape index (κ3) is 3.35. The molecule has 3 aromatic rings. The Bertz CT molecular complexity index is 1040. The van der Waals surface area contributed by atoms with Crippen LogP contribution < -0.4 is 5.76 Å². The molecule has 0 aliphatic rings. The topological polar surface area (TPSA) is 85.4 Å². The van der Waals surface area contributed by atoms with Crippen molar-refractivity contribution in [3.05, 3.63) is 58.8 Å². The number of sulfonamides is 1. The third-order valence-corrected chi connectivity index (χ3v) is 5.98. The van der Waals surface area contributed by atoms with E-state index >= 15 is 0 Å². The molecule has 0 unspecified atom stereocenters. The summed E-state index contributed by atoms with van der Waals surface area (Å²) in [6.07, 6.45) is 3.94. The molecule has 132 valence electrons. The molecule has 2 heterocycles. The lowest BCUT2D eigenvalue weighted by molar-refractivity contribution is 0.472. The first-order valence-electron chi connectivity index (χ1n) is 7.92. The van der Waals surface area contributed by atoms with Gasteiger partial charge in [0.1, 0.15) is 0 Å². The number of nitrogens with zero attached hydrogens (tertiary/aromatic N) is 3. The fourth-order valence-corrected chi connectivity index (χ4v) is 3.83. The first-order chi connectivity index (χ1) is 11.9. The van der Waals surface area contributed by atoms with Gasteiger partial charge in [0.05, 0.1) is 10.4 Å². The fourth-order valence-electron chi connectivity index (χ4n) is 2.64. The first kappa shape index (κ1) is 17.4. The van der Waals surface area contributed by atoms with Crippen LogP contribution in [0.1, 0.15) is 12.5 Å². The number of oxazole rings is 1. The minimum Gasteiger partial charge on any atom is -0.408 e. The van der Waals surface area contributed by atoms with Crippen LogP contribution in [-0.2, 0) is 23.0 Å². The summed E-state index contributed by atoms with van der Waals surface area (Å²) in [7, 11) is -2.13. The highest BCUT2D eigenvalue weighted by Gasteiger charge is 2.22. The number of aromatic nitrogens is 2. The van der Waals surface area contributed by atoms with Crippen LogP contribution in [0.5, 0.6) is 0 Å². The Morgan fingerprint density at radius 2 is 1.92 bits per heavy atom. The van der Waals surface area contributed by atoms with E-state index in [1.165, 1.54) is 28.1 Å². The number of aryl methyl sites for hydroxylation is 1. The van der Waals surface area contributed by atoms with Crippen LogP contribution in [0, 0.1) is 0 Å². The van der Waals surface area contributed by atoms with Crippen LogP contribution in [0.4, 0.5) is 0 Å². The van der Waals surface area contributed by atoms with Crippen LogP contribution in [0.25, 0.3) is 11.1 Å². The summed E-state index contributed by atoms with van der Waals surface area (Å²) in [4.78, 5) is 15.8. The Labute approximate surface area is 145 Å². The lowest BCUT2D eigenvalue weighted by Crippen LogP contribution is -2.29. The minimum absolute atomic E-state index is 0.106. The van der Waals surface area contributed by atoms with E-state index in [0.717, 1.165) is 5.56 Å². The number of fused-ring (bicyclic) bond motifs is 1. The molecular formula is C17H19N3O4S. The van der Waals surface area contributed by atoms with Crippen molar-refractivity contribution in [2.75, 3.05) is 13.6 Å². The van der Waals surface area contributed by atoms with Gasteiger partial charge in [0, 0.05) is 38.6 Å². The number of rotatable bonds is 6. The van der Waals surface area contributed by atoms with Gasteiger partial charge in [-0.15, -0.1) is 0 Å². The van der Waals surface area contributed by atoms with Gasteiger partial charge in [-0.05, 0) is 43.2 Å². The molecule has 0 amide bonds. The van der Waals surface area contributed by atoms with Gasteiger partial charge < -0.3 is 4.42 Å². The zero-order chi connectivity index (χ0) is 18.0. The Morgan fingerprint density at radius 3 is 2.60 bits per heavy atom. The molecule has 7 nitrogen and oxygen atoms in total. The van der Waals surface area contributed by atoms with Gasteiger partial charge in [0.2, 0.25) is 10.0 Å². The van der Waals surface area contributed by atoms with Crippen molar-refractivity contribution in [2.45, 2.75) is 24.8 Å². The lowest BCUT2D eigenvalue weighted by Gasteiger charge is -2.17. The van der Waals surface area contributed by atoms with Crippen LogP contribution in [0.15, 0.2) is 56.8 Å². The molecule has 25 heavy (non-hydrogen) atoms. The average Bonchev–Trinajstić information content (AvgIpc) is 2.94. The standard InChI is InChI=1S/C17H19N3O4S/c1-3-20-15-5-4-14(12-16(15)24-17(20)21)25(22,23)19(2)11-8-13-6-9-18-10-7-13/h4-7,9-10,12H,3,8,11H2,1-2H3. The van der Waals surface area contributed by atoms with E-state index in [4.69, 9.17) is 4.42 Å². The van der Waals surface area contributed by atoms with Crippen LogP contribution >= 0.6 is 0 Å². The maximum absolute atomic E-state index is 12.7. The molecule has 0 saturated carbocycles. The molecule has 0 fully saturated rings. The molecule has 0 aliphatic carbocycles. The van der Waals surface area contributed by atoms with E-state index < -0.39 is 15.8 Å². The van der Waals surface area contributed by atoms with Crippen molar-refractivity contribution in [1.82, 2.24) is 13.9 Å². The van der Waals surface area contributed by atoms with Gasteiger partial charge >= 0.3 is 5.76 Å². The monoisotopic (exact) mass is 361 g/mol. The average molecular weight is 361 g/mol. The number of hydrogen-bond donors (Lipinski definition) is 0. The van der Waals surface area contributed by atoms with Gasteiger partial charge in [0.15, 0.2) is 5.58 Å². The van der Waals surface area contributed by atoms with E-state index in [1.54, 1.807) is 18.5 Å². The molecule has 1 aromatic carbocycles. The molecule has 0 N–H and O–H groups in total. The third-order valence-electron chi connectivity index (χ3n) is 4.13. The second-order valence-electron chi connectivity index (χ2n) is 5.67. The molecule has 8 heteroatoms. The van der Waals surface area contributed by atoms with Gasteiger partial charge in [-0.3, -0.25) is 9.55 Å². The summed E-state index contributed by atoms with van der Waals surface area (Å²) in [5.74, 6) is -0.488. The summed E-state index contributed by atoms with van der Waals surface area (Å²) in [5, 5.41) is 0. The second-order valence-corrected chi connectivity index (χ2v) is 7.72. The molecule has 2 aromatic heterocycles. The summed E-state index contributed by atoms with van der Waals surface area (Å²) in [6.45, 7) is 2.63. The lowest BCUT2D eigenvalue weighted by atomic mass is 10.2. The van der Waals surface area contributed by atoms with E-state index in [1.807, 2.05) is 19.1 Å². The van der Waals surface area contributed by atoms with E-state index in [-0.39, 0.29) is 10.5 Å². The number of benzene rings is 1. The van der Waals surface area contributed by atoms with Crippen molar-refractivity contribution in [1.29, 1.82) is 0 Å². The number of pyridine rings is 1. The molecule has 0 radical (unpaired) electrons. The normalized spacial score (nSPS) is 12.1. The van der Waals surface area contributed by atoms with Crippen LogP contribution in [0.3, 0.4) is 0 Å². The SMILES string of the molecule is CCn1c(=O)oc2cc(S(=O)(=O)N(C)CCc3ccncc3)ccc21. The minimum atomic E-state index is -3.66. The predicted molar refractivity (Wildman–Crippen MR) is 93.9 cm³/mol. The molecular weight excluding hydrogens is 342 g/mol. The van der Waals surface area contributed by atoms with E-state index in [0.29, 0.717) is 25.0 Å². The zero-order valence-electron chi connectivity index (χ0n) is 14.0. The van der Waals surface area contributed by atoms with Crippen molar-refractivity contribution in [3.63, 3.8) is 0 Å². The van der Waals surface area contributed by atoms with E-state index in [2.05, 4.69) is 4.98 Å². The predicted octanol–water partition coefficient (Wildman–Crippen LogP) is 1.87. The highest BCUT2D eigenvalue weighted by atomic mass is 32.2. The van der Waals surface area contributed by atoms with Crippen LogP contribution in [0.2, 0.25) is 0 Å². The Kier molecular flexibility index (Phi) is 4.73. The van der Waals surface area contributed by atoms with Gasteiger partial charge in [-0.25, -0.2) is 17.5 Å². The Hall–Kier alpha value is -2.45. The first-order valence-corrected chi connectivity index (χ1v) is 9.36. The molecule has 0 saturated heterocycles. The molecule has 0 bridgehead atoms. The zero-order valence-corrected chi connectivity index (χ0v) is 14.9. The fraction of sp³-hybridized carbons (Fsp3) is 0.294. The molecule has 0 spiro atoms. The highest BCUT2D eigenvalue weighted by molar-refractivity contribution is 7.89. The summed E-state index contributed by atoms with van der Waals surface area (Å²) in [5.41, 5.74) is 1.87. The number of likely N-dealkylation sites (N-methyl/N-ethyl adjacent to an activating group) is 1. The molecule has 0 atom stereocenters. The van der Waals surface area contributed by atoms with Gasteiger partial charge in [-0.2, -0.15) is 0 Å². The van der Waals surface area contributed by atoms with Crippen LogP contribution in [-0.4, -0.2) is 35.9 Å². The van der Waals surface area contributed by atoms with Gasteiger partial charge in [0.25, 0.3) is 0 Å². The molecule has 0 aliphatic heterocycles. The number of hydrogen-bond acceptors (Lipinski definition) is 5. The summed E-state index contributed by atoms with van der Waals surface area (Å²) >= 11 is 0. The highest BCUT2D eigenvalue weighted by Crippen LogP contribution is 2.21. The Morgan fingerprint density at radius 1 is 1.20 bits per heavy atom. The smallest absolute Gasteiger partial charge is 0.408 e. The summed E-state index contributed by atoms with van der Waals surface area (Å²) < 4.78 is 33.4. The quantitative estimate of drug-likeness (QED) is 0.669. The largest absolute Gasteiger partial charge is 0.419 e. The van der Waals surface area contributed by atoms with Crippen molar-refractivity contribution < 1.29 is 12.8 Å². The van der Waals surface area contributed by atoms with E-state index in [9.17, 15) is 13.2 Å². The Balaban J connectivity index is 1.86. The summed E-state index contributed by atoms with van der Waals surface area (Å²) in [6, 6.07) is 8.22. The van der Waals surface area contributed by atoms with Crippen molar-refractivity contribution >= 4 is 21.1 Å². The second kappa shape index (κ2) is 6.81. The maximum Gasteiger partial charge on any atom is 0.419 e. The maximum atomic E-state index is 12.7. The van der Waals surface area contributed by atoms with Gasteiger partial charge in [-0.1, -0.05) is 0 Å². The van der Waals surface area contributed by atoms with Crippen molar-refractivity contribution in [2.24, 2.45) is 0 Å².